The van der Waals surface area contributed by atoms with E-state index in [1.165, 1.54) is 21.9 Å². The zero-order valence-electron chi connectivity index (χ0n) is 23.8. The lowest BCUT2D eigenvalue weighted by Gasteiger charge is -2.32. The Morgan fingerprint density at radius 3 is 2.42 bits per heavy atom. The van der Waals surface area contributed by atoms with E-state index < -0.39 is 12.1 Å². The van der Waals surface area contributed by atoms with Crippen molar-refractivity contribution in [3.63, 3.8) is 0 Å². The Morgan fingerprint density at radius 2 is 1.69 bits per heavy atom. The van der Waals surface area contributed by atoms with E-state index in [4.69, 9.17) is 35.5 Å². The number of carboxylic acids is 1. The largest absolute Gasteiger partial charge is 0.490 e. The molecule has 2 N–H and O–H groups in total. The van der Waals surface area contributed by atoms with Crippen LogP contribution in [0.25, 0.3) is 22.2 Å². The van der Waals surface area contributed by atoms with E-state index in [0.717, 1.165) is 30.8 Å². The van der Waals surface area contributed by atoms with Crippen molar-refractivity contribution in [2.24, 2.45) is 0 Å². The second-order valence-corrected chi connectivity index (χ2v) is 10.7. The lowest BCUT2D eigenvalue weighted by atomic mass is 9.87. The average Bonchev–Trinajstić information content (AvgIpc) is 3.52. The quantitative estimate of drug-likeness (QED) is 0.181. The molecule has 0 saturated carbocycles. The predicted octanol–water partition coefficient (Wildman–Crippen LogP) is 7.42. The van der Waals surface area contributed by atoms with Gasteiger partial charge in [0.1, 0.15) is 5.75 Å². The third-order valence-corrected chi connectivity index (χ3v) is 7.53. The standard InChI is InChI=1S/C31H28ClN3O3.C2HF3O2/c32-28-8-4-3-7-27(28)31-34-30(38-35-31)20-36-25-13-11-23(12-14-25)26-15-16-33-18-29(26)37-19-21-9-10-22-5-1-2-6-24(22)17-21;3-2(4,5)1(6)7/h1-14,17,26,29,33H,15-16,18-20H2;(H,6,7). The first-order valence-corrected chi connectivity index (χ1v) is 14.5. The first kappa shape index (κ1) is 32.0. The van der Waals surface area contributed by atoms with Crippen LogP contribution in [-0.4, -0.2) is 46.6 Å². The SMILES string of the molecule is Clc1ccccc1-c1noc(COc2ccc(C3CCNCC3OCc3ccc4ccccc4c3)cc2)n1.O=C(O)C(F)(F)F. The van der Waals surface area contributed by atoms with Crippen LogP contribution in [0.4, 0.5) is 13.2 Å². The number of hydrogen-bond acceptors (Lipinski definition) is 7. The molecule has 0 radical (unpaired) electrons. The molecule has 2 unspecified atom stereocenters. The highest BCUT2D eigenvalue weighted by Gasteiger charge is 2.38. The Morgan fingerprint density at radius 1 is 0.978 bits per heavy atom. The molecule has 1 saturated heterocycles. The molecular formula is C33H29ClF3N3O5. The summed E-state index contributed by atoms with van der Waals surface area (Å²) < 4.78 is 49.4. The number of aromatic nitrogens is 2. The number of piperidine rings is 1. The van der Waals surface area contributed by atoms with E-state index in [2.05, 4.69) is 70.1 Å². The number of benzene rings is 4. The van der Waals surface area contributed by atoms with Crippen LogP contribution in [0.3, 0.4) is 0 Å². The van der Waals surface area contributed by atoms with Crippen LogP contribution in [0, 0.1) is 0 Å². The third-order valence-electron chi connectivity index (χ3n) is 7.20. The lowest BCUT2D eigenvalue weighted by molar-refractivity contribution is -0.192. The number of alkyl halides is 3. The maximum atomic E-state index is 10.6. The number of aliphatic carboxylic acids is 1. The summed E-state index contributed by atoms with van der Waals surface area (Å²) in [5.41, 5.74) is 3.17. The van der Waals surface area contributed by atoms with Gasteiger partial charge in [-0.1, -0.05) is 77.4 Å². The molecule has 1 fully saturated rings. The monoisotopic (exact) mass is 639 g/mol. The maximum Gasteiger partial charge on any atom is 0.490 e. The zero-order chi connectivity index (χ0) is 31.8. The fraction of sp³-hybridized carbons (Fsp3) is 0.242. The molecule has 1 aromatic heterocycles. The van der Waals surface area contributed by atoms with Gasteiger partial charge in [-0.2, -0.15) is 18.2 Å². The van der Waals surface area contributed by atoms with Crippen molar-refractivity contribution >= 4 is 28.3 Å². The van der Waals surface area contributed by atoms with Gasteiger partial charge < -0.3 is 24.4 Å². The van der Waals surface area contributed by atoms with E-state index in [1.807, 2.05) is 30.3 Å². The molecule has 12 heteroatoms. The fourth-order valence-corrected chi connectivity index (χ4v) is 5.16. The first-order valence-electron chi connectivity index (χ1n) is 14.1. The van der Waals surface area contributed by atoms with Gasteiger partial charge in [0, 0.05) is 18.0 Å². The van der Waals surface area contributed by atoms with Crippen molar-refractivity contribution < 1.29 is 37.1 Å². The molecule has 0 amide bonds. The number of ether oxygens (including phenoxy) is 2. The summed E-state index contributed by atoms with van der Waals surface area (Å²) in [6.45, 7) is 2.59. The molecule has 4 aromatic carbocycles. The number of rotatable bonds is 8. The maximum absolute atomic E-state index is 10.6. The highest BCUT2D eigenvalue weighted by atomic mass is 35.5. The molecule has 1 aliphatic heterocycles. The van der Waals surface area contributed by atoms with Gasteiger partial charge in [0.15, 0.2) is 6.61 Å². The summed E-state index contributed by atoms with van der Waals surface area (Å²) in [6.07, 6.45) is -3.96. The summed E-state index contributed by atoms with van der Waals surface area (Å²) in [6, 6.07) is 30.6. The number of hydrogen-bond donors (Lipinski definition) is 2. The van der Waals surface area contributed by atoms with Crippen molar-refractivity contribution in [3.8, 4) is 17.1 Å². The van der Waals surface area contributed by atoms with Crippen molar-refractivity contribution in [3.05, 3.63) is 113 Å². The number of halogens is 4. The molecule has 2 heterocycles. The smallest absolute Gasteiger partial charge is 0.484 e. The van der Waals surface area contributed by atoms with Gasteiger partial charge in [0.25, 0.3) is 5.89 Å². The molecule has 45 heavy (non-hydrogen) atoms. The lowest BCUT2D eigenvalue weighted by Crippen LogP contribution is -2.40. The van der Waals surface area contributed by atoms with Crippen molar-refractivity contribution in [2.75, 3.05) is 13.1 Å². The van der Waals surface area contributed by atoms with Crippen LogP contribution in [0.15, 0.2) is 95.5 Å². The number of carboxylic acid groups (broad SMARTS) is 1. The molecule has 0 bridgehead atoms. The Kier molecular flexibility index (Phi) is 10.3. The molecule has 6 rings (SSSR count). The van der Waals surface area contributed by atoms with Gasteiger partial charge in [-0.15, -0.1) is 0 Å². The normalized spacial score (nSPS) is 16.5. The van der Waals surface area contributed by atoms with E-state index >= 15 is 0 Å². The number of fused-ring (bicyclic) bond motifs is 1. The molecule has 5 aromatic rings. The summed E-state index contributed by atoms with van der Waals surface area (Å²) in [7, 11) is 0. The molecule has 1 aliphatic rings. The van der Waals surface area contributed by atoms with Crippen LogP contribution in [0.1, 0.15) is 29.4 Å². The molecule has 234 valence electrons. The predicted molar refractivity (Wildman–Crippen MR) is 162 cm³/mol. The summed E-state index contributed by atoms with van der Waals surface area (Å²) in [5.74, 6) is -0.851. The number of nitrogens with one attached hydrogen (secondary N) is 1. The van der Waals surface area contributed by atoms with Gasteiger partial charge in [-0.25, -0.2) is 4.79 Å². The summed E-state index contributed by atoms with van der Waals surface area (Å²) in [4.78, 5) is 13.3. The van der Waals surface area contributed by atoms with Crippen molar-refractivity contribution in [1.29, 1.82) is 0 Å². The second kappa shape index (κ2) is 14.6. The van der Waals surface area contributed by atoms with Crippen LogP contribution in [0.5, 0.6) is 5.75 Å². The van der Waals surface area contributed by atoms with Gasteiger partial charge >= 0.3 is 12.1 Å². The summed E-state index contributed by atoms with van der Waals surface area (Å²) in [5, 5.41) is 17.7. The highest BCUT2D eigenvalue weighted by Crippen LogP contribution is 2.30. The Balaban J connectivity index is 0.000000515. The van der Waals surface area contributed by atoms with Crippen molar-refractivity contribution in [1.82, 2.24) is 15.5 Å². The molecule has 0 aliphatic carbocycles. The Bertz CT molecular complexity index is 1730. The first-order chi connectivity index (χ1) is 21.7. The van der Waals surface area contributed by atoms with Crippen LogP contribution in [0.2, 0.25) is 5.02 Å². The van der Waals surface area contributed by atoms with E-state index in [-0.39, 0.29) is 12.7 Å². The number of nitrogens with zero attached hydrogens (tertiary/aromatic N) is 2. The minimum absolute atomic E-state index is 0.101. The van der Waals surface area contributed by atoms with Gasteiger partial charge in [-0.05, 0) is 65.2 Å². The minimum atomic E-state index is -5.08. The van der Waals surface area contributed by atoms with Crippen LogP contribution < -0.4 is 10.1 Å². The molecule has 8 nitrogen and oxygen atoms in total. The van der Waals surface area contributed by atoms with E-state index in [0.29, 0.717) is 29.3 Å². The molecule has 0 spiro atoms. The average molecular weight is 640 g/mol. The topological polar surface area (TPSA) is 107 Å². The van der Waals surface area contributed by atoms with E-state index in [1.54, 1.807) is 6.07 Å². The van der Waals surface area contributed by atoms with Gasteiger partial charge in [0.05, 0.1) is 17.7 Å². The minimum Gasteiger partial charge on any atom is -0.484 e. The third kappa shape index (κ3) is 8.59. The highest BCUT2D eigenvalue weighted by molar-refractivity contribution is 6.33. The Hall–Kier alpha value is -4.45. The van der Waals surface area contributed by atoms with Crippen LogP contribution in [-0.2, 0) is 22.7 Å². The van der Waals surface area contributed by atoms with Gasteiger partial charge in [-0.3, -0.25) is 0 Å². The molecule has 2 atom stereocenters. The van der Waals surface area contributed by atoms with Crippen molar-refractivity contribution in [2.45, 2.75) is 37.8 Å². The second-order valence-electron chi connectivity index (χ2n) is 10.3. The fourth-order valence-electron chi connectivity index (χ4n) is 4.94. The number of carbonyl (C=O) groups is 1. The summed E-state index contributed by atoms with van der Waals surface area (Å²) >= 11 is 6.24. The van der Waals surface area contributed by atoms with Crippen LogP contribution >= 0.6 is 11.6 Å². The van der Waals surface area contributed by atoms with E-state index in [9.17, 15) is 13.2 Å². The zero-order valence-corrected chi connectivity index (χ0v) is 24.6. The van der Waals surface area contributed by atoms with Gasteiger partial charge in [0.2, 0.25) is 5.82 Å². The Labute approximate surface area is 261 Å². The molecular weight excluding hydrogens is 611 g/mol.